The van der Waals surface area contributed by atoms with Gasteiger partial charge in [0.15, 0.2) is 0 Å². The first-order chi connectivity index (χ1) is 5.44. The molecule has 0 aliphatic heterocycles. The molecule has 0 N–H and O–H groups in total. The van der Waals surface area contributed by atoms with Crippen molar-refractivity contribution in [3.63, 3.8) is 0 Å². The lowest BCUT2D eigenvalue weighted by Gasteiger charge is -2.18. The van der Waals surface area contributed by atoms with Gasteiger partial charge >= 0.3 is 0 Å². The molecule has 12 heavy (non-hydrogen) atoms. The van der Waals surface area contributed by atoms with E-state index in [0.717, 1.165) is 6.42 Å². The lowest BCUT2D eigenvalue weighted by atomic mass is 9.82. The van der Waals surface area contributed by atoms with Crippen LogP contribution in [-0.2, 0) is 9.59 Å². The van der Waals surface area contributed by atoms with Crippen LogP contribution in [-0.4, -0.2) is 11.6 Å². The fraction of sp³-hybridized carbons (Fsp3) is 0.800. The van der Waals surface area contributed by atoms with E-state index in [1.165, 1.54) is 0 Å². The summed E-state index contributed by atoms with van der Waals surface area (Å²) in [7, 11) is 0. The van der Waals surface area contributed by atoms with E-state index in [-0.39, 0.29) is 11.6 Å². The van der Waals surface area contributed by atoms with Crippen molar-refractivity contribution in [2.45, 2.75) is 40.0 Å². The van der Waals surface area contributed by atoms with Crippen molar-refractivity contribution in [2.24, 2.45) is 11.3 Å². The minimum atomic E-state index is -0.718. The Bertz CT molecular complexity index is 216. The minimum Gasteiger partial charge on any atom is -0.299 e. The number of Topliss-reactive ketones (excluding diaryl/α,β-unsaturated/α-hetero) is 2. The molecular weight excluding hydrogens is 152 g/mol. The summed E-state index contributed by atoms with van der Waals surface area (Å²) in [5.41, 5.74) is -0.718. The molecule has 0 bridgehead atoms. The molecule has 1 aliphatic carbocycles. The summed E-state index contributed by atoms with van der Waals surface area (Å²) in [5, 5.41) is 0. The Morgan fingerprint density at radius 1 is 1.25 bits per heavy atom. The summed E-state index contributed by atoms with van der Waals surface area (Å²) in [6.45, 7) is 5.53. The van der Waals surface area contributed by atoms with E-state index in [4.69, 9.17) is 0 Å². The van der Waals surface area contributed by atoms with Crippen LogP contribution in [0.1, 0.15) is 40.0 Å². The molecule has 1 saturated carbocycles. The van der Waals surface area contributed by atoms with Crippen LogP contribution < -0.4 is 0 Å². The van der Waals surface area contributed by atoms with E-state index >= 15 is 0 Å². The summed E-state index contributed by atoms with van der Waals surface area (Å²) >= 11 is 0. The van der Waals surface area contributed by atoms with Crippen molar-refractivity contribution in [1.29, 1.82) is 0 Å². The van der Waals surface area contributed by atoms with Crippen LogP contribution in [0.15, 0.2) is 0 Å². The maximum atomic E-state index is 11.5. The third kappa shape index (κ3) is 1.57. The molecule has 1 atom stereocenters. The molecule has 0 heterocycles. The topological polar surface area (TPSA) is 34.1 Å². The molecule has 0 amide bonds. The predicted molar refractivity (Wildman–Crippen MR) is 46.8 cm³/mol. The average molecular weight is 168 g/mol. The fourth-order valence-corrected chi connectivity index (χ4v) is 1.52. The quantitative estimate of drug-likeness (QED) is 0.409. The van der Waals surface area contributed by atoms with Crippen LogP contribution in [0.25, 0.3) is 0 Å². The van der Waals surface area contributed by atoms with Gasteiger partial charge in [0, 0.05) is 12.8 Å². The summed E-state index contributed by atoms with van der Waals surface area (Å²) in [5.74, 6) is 0.595. The van der Waals surface area contributed by atoms with E-state index in [2.05, 4.69) is 0 Å². The van der Waals surface area contributed by atoms with Gasteiger partial charge in [-0.1, -0.05) is 6.92 Å². The summed E-state index contributed by atoms with van der Waals surface area (Å²) < 4.78 is 0. The second kappa shape index (κ2) is 3.00. The van der Waals surface area contributed by atoms with Gasteiger partial charge in [-0.15, -0.1) is 0 Å². The normalized spacial score (nSPS) is 30.1. The molecule has 1 aliphatic rings. The SMILES string of the molecule is CC1CCC(=O)C(C)(C)C(=O)C1. The molecule has 0 aromatic rings. The number of hydrogen-bond donors (Lipinski definition) is 0. The van der Waals surface area contributed by atoms with Crippen molar-refractivity contribution in [3.05, 3.63) is 0 Å². The first-order valence-corrected chi connectivity index (χ1v) is 4.51. The zero-order valence-corrected chi connectivity index (χ0v) is 8.02. The Morgan fingerprint density at radius 2 is 1.83 bits per heavy atom. The van der Waals surface area contributed by atoms with Crippen molar-refractivity contribution in [2.75, 3.05) is 0 Å². The maximum absolute atomic E-state index is 11.5. The molecule has 0 saturated heterocycles. The van der Waals surface area contributed by atoms with E-state index in [1.54, 1.807) is 13.8 Å². The second-order valence-electron chi connectivity index (χ2n) is 4.32. The Morgan fingerprint density at radius 3 is 2.42 bits per heavy atom. The zero-order chi connectivity index (χ0) is 9.35. The number of ketones is 2. The highest BCUT2D eigenvalue weighted by Crippen LogP contribution is 2.30. The van der Waals surface area contributed by atoms with Gasteiger partial charge in [-0.2, -0.15) is 0 Å². The lowest BCUT2D eigenvalue weighted by Crippen LogP contribution is -2.31. The number of rotatable bonds is 0. The van der Waals surface area contributed by atoms with Gasteiger partial charge in [-0.25, -0.2) is 0 Å². The first-order valence-electron chi connectivity index (χ1n) is 4.51. The van der Waals surface area contributed by atoms with E-state index in [9.17, 15) is 9.59 Å². The third-order valence-corrected chi connectivity index (χ3v) is 2.79. The van der Waals surface area contributed by atoms with Crippen LogP contribution in [0.3, 0.4) is 0 Å². The van der Waals surface area contributed by atoms with Crippen molar-refractivity contribution in [1.82, 2.24) is 0 Å². The molecule has 0 aromatic carbocycles. The van der Waals surface area contributed by atoms with E-state index in [1.807, 2.05) is 6.92 Å². The van der Waals surface area contributed by atoms with Gasteiger partial charge in [0.2, 0.25) is 0 Å². The fourth-order valence-electron chi connectivity index (χ4n) is 1.52. The molecule has 1 rings (SSSR count). The molecular formula is C10H16O2. The average Bonchev–Trinajstić information content (AvgIpc) is 2.04. The zero-order valence-electron chi connectivity index (χ0n) is 8.02. The Labute approximate surface area is 73.3 Å². The Kier molecular flexibility index (Phi) is 2.36. The number of hydrogen-bond acceptors (Lipinski definition) is 2. The molecule has 68 valence electrons. The molecule has 0 spiro atoms. The predicted octanol–water partition coefficient (Wildman–Crippen LogP) is 1.97. The Balaban J connectivity index is 2.87. The van der Waals surface area contributed by atoms with E-state index in [0.29, 0.717) is 18.8 Å². The molecule has 2 nitrogen and oxygen atoms in total. The highest BCUT2D eigenvalue weighted by atomic mass is 16.2. The van der Waals surface area contributed by atoms with Gasteiger partial charge < -0.3 is 0 Å². The molecule has 1 unspecified atom stereocenters. The smallest absolute Gasteiger partial charge is 0.146 e. The highest BCUT2D eigenvalue weighted by Gasteiger charge is 2.37. The van der Waals surface area contributed by atoms with Crippen LogP contribution in [0.2, 0.25) is 0 Å². The molecule has 1 fully saturated rings. The van der Waals surface area contributed by atoms with Crippen molar-refractivity contribution in [3.8, 4) is 0 Å². The van der Waals surface area contributed by atoms with Gasteiger partial charge in [-0.3, -0.25) is 9.59 Å². The summed E-state index contributed by atoms with van der Waals surface area (Å²) in [4.78, 5) is 23.0. The second-order valence-corrected chi connectivity index (χ2v) is 4.32. The molecule has 0 radical (unpaired) electrons. The van der Waals surface area contributed by atoms with Crippen molar-refractivity contribution >= 4 is 11.6 Å². The Hall–Kier alpha value is -0.660. The third-order valence-electron chi connectivity index (χ3n) is 2.79. The minimum absolute atomic E-state index is 0.108. The van der Waals surface area contributed by atoms with Crippen molar-refractivity contribution < 1.29 is 9.59 Å². The molecule has 2 heteroatoms. The van der Waals surface area contributed by atoms with Gasteiger partial charge in [-0.05, 0) is 26.2 Å². The summed E-state index contributed by atoms with van der Waals surface area (Å²) in [6, 6.07) is 0. The van der Waals surface area contributed by atoms with Gasteiger partial charge in [0.05, 0.1) is 5.41 Å². The lowest BCUT2D eigenvalue weighted by molar-refractivity contribution is -0.137. The number of carbonyl (C=O) groups is 2. The van der Waals surface area contributed by atoms with Crippen LogP contribution >= 0.6 is 0 Å². The highest BCUT2D eigenvalue weighted by molar-refractivity contribution is 6.06. The van der Waals surface area contributed by atoms with Gasteiger partial charge in [0.1, 0.15) is 11.6 Å². The standard InChI is InChI=1S/C10H16O2/c1-7-4-5-8(11)10(2,3)9(12)6-7/h7H,4-6H2,1-3H3. The van der Waals surface area contributed by atoms with Crippen LogP contribution in [0, 0.1) is 11.3 Å². The summed E-state index contributed by atoms with van der Waals surface area (Å²) in [6.07, 6.45) is 2.01. The van der Waals surface area contributed by atoms with Crippen LogP contribution in [0.4, 0.5) is 0 Å². The maximum Gasteiger partial charge on any atom is 0.146 e. The largest absolute Gasteiger partial charge is 0.299 e. The van der Waals surface area contributed by atoms with Crippen LogP contribution in [0.5, 0.6) is 0 Å². The number of carbonyl (C=O) groups excluding carboxylic acids is 2. The first kappa shape index (κ1) is 9.43. The monoisotopic (exact) mass is 168 g/mol. The van der Waals surface area contributed by atoms with E-state index < -0.39 is 5.41 Å². The van der Waals surface area contributed by atoms with Gasteiger partial charge in [0.25, 0.3) is 0 Å². The molecule has 0 aromatic heterocycles.